The van der Waals surface area contributed by atoms with Crippen molar-refractivity contribution in [3.63, 3.8) is 0 Å². The van der Waals surface area contributed by atoms with Crippen molar-refractivity contribution in [3.8, 4) is 0 Å². The third-order valence-corrected chi connectivity index (χ3v) is 6.26. The van der Waals surface area contributed by atoms with E-state index < -0.39 is 9.84 Å². The molecule has 1 heterocycles. The lowest BCUT2D eigenvalue weighted by Gasteiger charge is -2.19. The molecular formula is C20H20BrN3O3S. The van der Waals surface area contributed by atoms with Crippen molar-refractivity contribution in [2.45, 2.75) is 30.7 Å². The molecule has 3 aromatic rings. The van der Waals surface area contributed by atoms with E-state index in [1.54, 1.807) is 4.57 Å². The Kier molecular flexibility index (Phi) is 4.79. The maximum atomic E-state index is 12.8. The highest BCUT2D eigenvalue weighted by Gasteiger charge is 2.45. The molecule has 2 aromatic carbocycles. The molecule has 0 atom stereocenters. The summed E-state index contributed by atoms with van der Waals surface area (Å²) in [6, 6.07) is 15.3. The second kappa shape index (κ2) is 7.00. The van der Waals surface area contributed by atoms with Crippen LogP contribution in [0.1, 0.15) is 24.2 Å². The number of amides is 1. The molecule has 0 aliphatic heterocycles. The third kappa shape index (κ3) is 3.98. The number of nitrogens with one attached hydrogen (secondary N) is 1. The predicted molar refractivity (Wildman–Crippen MR) is 111 cm³/mol. The summed E-state index contributed by atoms with van der Waals surface area (Å²) in [5.41, 5.74) is 2.19. The van der Waals surface area contributed by atoms with E-state index in [9.17, 15) is 13.2 Å². The molecule has 0 spiro atoms. The SMILES string of the molecule is CS(=O)(=O)Cc1nc2ccccc2n1CC(=O)NC1(c2ccc(Br)cc2)CC1. The van der Waals surface area contributed by atoms with Crippen molar-refractivity contribution in [3.05, 3.63) is 64.4 Å². The Balaban J connectivity index is 1.60. The van der Waals surface area contributed by atoms with Crippen LogP contribution in [0.3, 0.4) is 0 Å². The number of rotatable bonds is 6. The van der Waals surface area contributed by atoms with E-state index in [2.05, 4.69) is 26.2 Å². The van der Waals surface area contributed by atoms with Gasteiger partial charge >= 0.3 is 0 Å². The molecule has 6 nitrogen and oxygen atoms in total. The zero-order valence-corrected chi connectivity index (χ0v) is 17.8. The average molecular weight is 462 g/mol. The van der Waals surface area contributed by atoms with Crippen LogP contribution in [0.15, 0.2) is 53.0 Å². The largest absolute Gasteiger partial charge is 0.345 e. The Bertz CT molecular complexity index is 1150. The lowest BCUT2D eigenvalue weighted by Crippen LogP contribution is -2.37. The highest BCUT2D eigenvalue weighted by atomic mass is 79.9. The lowest BCUT2D eigenvalue weighted by atomic mass is 10.1. The number of halogens is 1. The minimum atomic E-state index is -3.27. The van der Waals surface area contributed by atoms with Crippen molar-refractivity contribution < 1.29 is 13.2 Å². The Labute approximate surface area is 172 Å². The molecular weight excluding hydrogens is 442 g/mol. The maximum absolute atomic E-state index is 12.8. The van der Waals surface area contributed by atoms with Gasteiger partial charge in [0.25, 0.3) is 0 Å². The number of aromatic nitrogens is 2. The minimum Gasteiger partial charge on any atom is -0.345 e. The first kappa shape index (κ1) is 19.1. The van der Waals surface area contributed by atoms with E-state index in [0.29, 0.717) is 11.3 Å². The highest BCUT2D eigenvalue weighted by Crippen LogP contribution is 2.45. The van der Waals surface area contributed by atoms with Gasteiger partial charge in [0.1, 0.15) is 18.1 Å². The summed E-state index contributed by atoms with van der Waals surface area (Å²) in [6.07, 6.45) is 2.95. The number of imidazole rings is 1. The monoisotopic (exact) mass is 461 g/mol. The van der Waals surface area contributed by atoms with Crippen LogP contribution in [0, 0.1) is 0 Å². The normalized spacial score (nSPS) is 15.5. The van der Waals surface area contributed by atoms with Crippen molar-refractivity contribution in [2.75, 3.05) is 6.26 Å². The van der Waals surface area contributed by atoms with Gasteiger partial charge in [-0.3, -0.25) is 4.79 Å². The van der Waals surface area contributed by atoms with Crippen molar-refractivity contribution >= 4 is 42.7 Å². The topological polar surface area (TPSA) is 81.1 Å². The Morgan fingerprint density at radius 2 is 1.86 bits per heavy atom. The molecule has 0 bridgehead atoms. The average Bonchev–Trinajstić information content (AvgIpc) is 3.32. The predicted octanol–water partition coefficient (Wildman–Crippen LogP) is 3.15. The number of carbonyl (C=O) groups excluding carboxylic acids is 1. The zero-order chi connectivity index (χ0) is 19.9. The quantitative estimate of drug-likeness (QED) is 0.611. The summed E-state index contributed by atoms with van der Waals surface area (Å²) in [6.45, 7) is 0.0314. The summed E-state index contributed by atoms with van der Waals surface area (Å²) in [5.74, 6) is 0.0259. The van der Waals surface area contributed by atoms with Crippen LogP contribution >= 0.6 is 15.9 Å². The molecule has 0 saturated heterocycles. The second-order valence-electron chi connectivity index (χ2n) is 7.31. The fourth-order valence-electron chi connectivity index (χ4n) is 3.48. The number of benzene rings is 2. The van der Waals surface area contributed by atoms with E-state index in [1.165, 1.54) is 6.26 Å². The summed E-state index contributed by atoms with van der Waals surface area (Å²) in [7, 11) is -3.27. The molecule has 1 saturated carbocycles. The molecule has 8 heteroatoms. The van der Waals surface area contributed by atoms with Crippen LogP contribution < -0.4 is 5.32 Å². The van der Waals surface area contributed by atoms with Gasteiger partial charge in [-0.25, -0.2) is 13.4 Å². The Hall–Kier alpha value is -2.19. The summed E-state index contributed by atoms with van der Waals surface area (Å²) < 4.78 is 26.3. The first-order chi connectivity index (χ1) is 13.3. The van der Waals surface area contributed by atoms with Gasteiger partial charge in [-0.1, -0.05) is 40.2 Å². The van der Waals surface area contributed by atoms with E-state index in [4.69, 9.17) is 0 Å². The first-order valence-electron chi connectivity index (χ1n) is 8.95. The Morgan fingerprint density at radius 3 is 2.50 bits per heavy atom. The first-order valence-corrected chi connectivity index (χ1v) is 11.8. The van der Waals surface area contributed by atoms with Crippen LogP contribution in [0.4, 0.5) is 0 Å². The molecule has 4 rings (SSSR count). The van der Waals surface area contributed by atoms with E-state index in [1.807, 2.05) is 48.5 Å². The molecule has 1 fully saturated rings. The number of fused-ring (bicyclic) bond motifs is 1. The molecule has 0 radical (unpaired) electrons. The molecule has 1 aliphatic carbocycles. The van der Waals surface area contributed by atoms with Gasteiger partial charge in [0.15, 0.2) is 9.84 Å². The van der Waals surface area contributed by atoms with Crippen LogP contribution in [0.5, 0.6) is 0 Å². The van der Waals surface area contributed by atoms with Gasteiger partial charge in [0, 0.05) is 10.7 Å². The molecule has 1 amide bonds. The van der Waals surface area contributed by atoms with E-state index in [-0.39, 0.29) is 23.7 Å². The molecule has 1 aliphatic rings. The van der Waals surface area contributed by atoms with Gasteiger partial charge in [-0.15, -0.1) is 0 Å². The van der Waals surface area contributed by atoms with Crippen molar-refractivity contribution in [1.29, 1.82) is 0 Å². The summed E-state index contributed by atoms with van der Waals surface area (Å²) in [4.78, 5) is 17.3. The number of hydrogen-bond donors (Lipinski definition) is 1. The van der Waals surface area contributed by atoms with Crippen LogP contribution in [-0.2, 0) is 32.5 Å². The van der Waals surface area contributed by atoms with Crippen molar-refractivity contribution in [2.24, 2.45) is 0 Å². The number of para-hydroxylation sites is 2. The fourth-order valence-corrected chi connectivity index (χ4v) is 4.43. The van der Waals surface area contributed by atoms with Gasteiger partial charge in [0.05, 0.1) is 16.6 Å². The number of carbonyl (C=O) groups is 1. The summed E-state index contributed by atoms with van der Waals surface area (Å²) >= 11 is 3.43. The summed E-state index contributed by atoms with van der Waals surface area (Å²) in [5, 5.41) is 3.14. The third-order valence-electron chi connectivity index (χ3n) is 4.95. The maximum Gasteiger partial charge on any atom is 0.240 e. The number of sulfone groups is 1. The van der Waals surface area contributed by atoms with Crippen LogP contribution in [0.25, 0.3) is 11.0 Å². The number of hydrogen-bond acceptors (Lipinski definition) is 4. The van der Waals surface area contributed by atoms with E-state index >= 15 is 0 Å². The molecule has 28 heavy (non-hydrogen) atoms. The van der Waals surface area contributed by atoms with E-state index in [0.717, 1.165) is 28.4 Å². The molecule has 1 aromatic heterocycles. The van der Waals surface area contributed by atoms with Gasteiger partial charge in [-0.2, -0.15) is 0 Å². The second-order valence-corrected chi connectivity index (χ2v) is 10.4. The molecule has 146 valence electrons. The smallest absolute Gasteiger partial charge is 0.240 e. The highest BCUT2D eigenvalue weighted by molar-refractivity contribution is 9.10. The standard InChI is InChI=1S/C20H20BrN3O3S/c1-28(26,27)13-18-22-16-4-2-3-5-17(16)24(18)12-19(25)23-20(10-11-20)14-6-8-15(21)9-7-14/h2-9H,10-13H2,1H3,(H,23,25). The zero-order valence-electron chi connectivity index (χ0n) is 15.4. The molecule has 0 unspecified atom stereocenters. The lowest BCUT2D eigenvalue weighted by molar-refractivity contribution is -0.122. The minimum absolute atomic E-state index is 0.0314. The van der Waals surface area contributed by atoms with Gasteiger partial charge < -0.3 is 9.88 Å². The molecule has 1 N–H and O–H groups in total. The van der Waals surface area contributed by atoms with Crippen molar-refractivity contribution in [1.82, 2.24) is 14.9 Å². The van der Waals surface area contributed by atoms with Gasteiger partial charge in [-0.05, 0) is 42.7 Å². The fraction of sp³-hybridized carbons (Fsp3) is 0.300. The van der Waals surface area contributed by atoms with Crippen LogP contribution in [0.2, 0.25) is 0 Å². The van der Waals surface area contributed by atoms with Gasteiger partial charge in [0.2, 0.25) is 5.91 Å². The number of nitrogens with zero attached hydrogens (tertiary/aromatic N) is 2. The Morgan fingerprint density at radius 1 is 1.18 bits per heavy atom. The van der Waals surface area contributed by atoms with Crippen LogP contribution in [-0.4, -0.2) is 30.1 Å².